The minimum atomic E-state index is -1.19. The van der Waals surface area contributed by atoms with E-state index in [0.29, 0.717) is 11.8 Å². The summed E-state index contributed by atoms with van der Waals surface area (Å²) in [5.74, 6) is -0.370. The first-order valence-electron chi connectivity index (χ1n) is 6.20. The van der Waals surface area contributed by atoms with Gasteiger partial charge in [0.15, 0.2) is 6.04 Å². The number of rotatable bonds is 4. The van der Waals surface area contributed by atoms with Gasteiger partial charge >= 0.3 is 5.97 Å². The van der Waals surface area contributed by atoms with Gasteiger partial charge in [-0.15, -0.1) is 0 Å². The molecule has 2 saturated carbocycles. The standard InChI is InChI=1S/C12H19NO4/c1-6(14)10(12(16)17)13-11(15)9-5-7-2-3-8(9)4-7/h6-10,14H,2-5H2,1H3,(H,13,15)(H,16,17)/t6-,7?,8?,9?,10+/m1/s1. The normalized spacial score (nSPS) is 34.4. The van der Waals surface area contributed by atoms with Gasteiger partial charge in [0.2, 0.25) is 5.91 Å². The topological polar surface area (TPSA) is 86.6 Å². The molecule has 3 unspecified atom stereocenters. The first-order valence-corrected chi connectivity index (χ1v) is 6.20. The van der Waals surface area contributed by atoms with Gasteiger partial charge in [-0.05, 0) is 38.0 Å². The van der Waals surface area contributed by atoms with Crippen molar-refractivity contribution in [3.8, 4) is 0 Å². The lowest BCUT2D eigenvalue weighted by molar-refractivity contribution is -0.145. The van der Waals surface area contributed by atoms with Crippen LogP contribution in [0.4, 0.5) is 0 Å². The Kier molecular flexibility index (Phi) is 3.38. The fourth-order valence-corrected chi connectivity index (χ4v) is 3.21. The summed E-state index contributed by atoms with van der Waals surface area (Å²) in [5, 5.41) is 20.7. The van der Waals surface area contributed by atoms with Gasteiger partial charge in [-0.1, -0.05) is 6.42 Å². The molecular formula is C12H19NO4. The predicted octanol–water partition coefficient (Wildman–Crippen LogP) is 0.373. The Morgan fingerprint density at radius 3 is 2.41 bits per heavy atom. The monoisotopic (exact) mass is 241 g/mol. The van der Waals surface area contributed by atoms with E-state index < -0.39 is 18.1 Å². The highest BCUT2D eigenvalue weighted by molar-refractivity contribution is 5.85. The van der Waals surface area contributed by atoms with Crippen molar-refractivity contribution in [3.63, 3.8) is 0 Å². The SMILES string of the molecule is C[C@@H](O)[C@H](NC(=O)C1CC2CCC1C2)C(=O)O. The number of aliphatic hydroxyl groups is 1. The maximum Gasteiger partial charge on any atom is 0.328 e. The second-order valence-corrected chi connectivity index (χ2v) is 5.35. The molecule has 0 radical (unpaired) electrons. The van der Waals surface area contributed by atoms with E-state index in [4.69, 9.17) is 5.11 Å². The molecule has 5 heteroatoms. The van der Waals surface area contributed by atoms with Crippen LogP contribution < -0.4 is 5.32 Å². The third-order valence-corrected chi connectivity index (χ3v) is 4.12. The molecule has 96 valence electrons. The Bertz CT molecular complexity index is 328. The maximum atomic E-state index is 12.0. The van der Waals surface area contributed by atoms with Crippen LogP contribution in [0.1, 0.15) is 32.6 Å². The molecule has 17 heavy (non-hydrogen) atoms. The summed E-state index contributed by atoms with van der Waals surface area (Å²) >= 11 is 0. The average molecular weight is 241 g/mol. The van der Waals surface area contributed by atoms with Crippen molar-refractivity contribution in [1.29, 1.82) is 0 Å². The maximum absolute atomic E-state index is 12.0. The summed E-state index contributed by atoms with van der Waals surface area (Å²) in [6.07, 6.45) is 3.19. The molecule has 2 bridgehead atoms. The quantitative estimate of drug-likeness (QED) is 0.664. The Hall–Kier alpha value is -1.10. The van der Waals surface area contributed by atoms with Gasteiger partial charge in [0, 0.05) is 5.92 Å². The number of hydrogen-bond donors (Lipinski definition) is 3. The second kappa shape index (κ2) is 4.64. The number of carboxylic acids is 1. The van der Waals surface area contributed by atoms with Gasteiger partial charge in [0.1, 0.15) is 0 Å². The van der Waals surface area contributed by atoms with Crippen LogP contribution in [-0.2, 0) is 9.59 Å². The van der Waals surface area contributed by atoms with Crippen LogP contribution in [0.25, 0.3) is 0 Å². The van der Waals surface area contributed by atoms with Gasteiger partial charge < -0.3 is 15.5 Å². The summed E-state index contributed by atoms with van der Waals surface area (Å²) in [6.45, 7) is 1.37. The average Bonchev–Trinajstić information content (AvgIpc) is 2.85. The zero-order valence-corrected chi connectivity index (χ0v) is 9.93. The smallest absolute Gasteiger partial charge is 0.328 e. The molecule has 0 aromatic rings. The fraction of sp³-hybridized carbons (Fsp3) is 0.833. The number of amides is 1. The Labute approximate surface area is 100 Å². The van der Waals surface area contributed by atoms with E-state index >= 15 is 0 Å². The van der Waals surface area contributed by atoms with Gasteiger partial charge in [-0.25, -0.2) is 4.79 Å². The number of carbonyl (C=O) groups excluding carboxylic acids is 1. The van der Waals surface area contributed by atoms with Gasteiger partial charge in [0.25, 0.3) is 0 Å². The lowest BCUT2D eigenvalue weighted by Gasteiger charge is -2.24. The summed E-state index contributed by atoms with van der Waals surface area (Å²) < 4.78 is 0. The summed E-state index contributed by atoms with van der Waals surface area (Å²) in [6, 6.07) is -1.19. The lowest BCUT2D eigenvalue weighted by atomic mass is 9.88. The highest BCUT2D eigenvalue weighted by Crippen LogP contribution is 2.48. The predicted molar refractivity (Wildman–Crippen MR) is 60.2 cm³/mol. The fourth-order valence-electron chi connectivity index (χ4n) is 3.21. The van der Waals surface area contributed by atoms with Crippen LogP contribution in [0.2, 0.25) is 0 Å². The number of aliphatic carboxylic acids is 1. The van der Waals surface area contributed by atoms with Crippen molar-refractivity contribution >= 4 is 11.9 Å². The van der Waals surface area contributed by atoms with Crippen molar-refractivity contribution < 1.29 is 19.8 Å². The van der Waals surface area contributed by atoms with Gasteiger partial charge in [0.05, 0.1) is 6.10 Å². The van der Waals surface area contributed by atoms with Crippen molar-refractivity contribution in [2.24, 2.45) is 17.8 Å². The number of carboxylic acid groups (broad SMARTS) is 1. The van der Waals surface area contributed by atoms with Crippen LogP contribution >= 0.6 is 0 Å². The van der Waals surface area contributed by atoms with E-state index in [2.05, 4.69) is 5.32 Å². The molecule has 0 aliphatic heterocycles. The largest absolute Gasteiger partial charge is 0.480 e. The van der Waals surface area contributed by atoms with Crippen LogP contribution in [0, 0.1) is 17.8 Å². The molecule has 5 atom stereocenters. The molecule has 3 N–H and O–H groups in total. The zero-order chi connectivity index (χ0) is 12.6. The third kappa shape index (κ3) is 2.44. The number of hydrogen-bond acceptors (Lipinski definition) is 3. The van der Waals surface area contributed by atoms with E-state index in [9.17, 15) is 14.7 Å². The number of fused-ring (bicyclic) bond motifs is 2. The first kappa shape index (κ1) is 12.4. The Balaban J connectivity index is 1.94. The number of nitrogens with one attached hydrogen (secondary N) is 1. The van der Waals surface area contributed by atoms with Gasteiger partial charge in [-0.3, -0.25) is 4.79 Å². The molecular weight excluding hydrogens is 222 g/mol. The molecule has 0 aromatic carbocycles. The molecule has 2 aliphatic rings. The Morgan fingerprint density at radius 2 is 2.00 bits per heavy atom. The minimum absolute atomic E-state index is 0.0469. The molecule has 2 fully saturated rings. The van der Waals surface area contributed by atoms with Crippen molar-refractivity contribution in [2.75, 3.05) is 0 Å². The van der Waals surface area contributed by atoms with E-state index in [-0.39, 0.29) is 11.8 Å². The minimum Gasteiger partial charge on any atom is -0.480 e. The van der Waals surface area contributed by atoms with Crippen LogP contribution in [0.5, 0.6) is 0 Å². The molecule has 0 saturated heterocycles. The van der Waals surface area contributed by atoms with Crippen molar-refractivity contribution in [3.05, 3.63) is 0 Å². The second-order valence-electron chi connectivity index (χ2n) is 5.35. The van der Waals surface area contributed by atoms with E-state index in [1.807, 2.05) is 0 Å². The van der Waals surface area contributed by atoms with E-state index in [1.165, 1.54) is 13.3 Å². The molecule has 0 heterocycles. The zero-order valence-electron chi connectivity index (χ0n) is 9.93. The highest BCUT2D eigenvalue weighted by Gasteiger charge is 2.44. The van der Waals surface area contributed by atoms with Crippen molar-refractivity contribution in [1.82, 2.24) is 5.32 Å². The van der Waals surface area contributed by atoms with E-state index in [1.54, 1.807) is 0 Å². The summed E-state index contributed by atoms with van der Waals surface area (Å²) in [5.41, 5.74) is 0. The Morgan fingerprint density at radius 1 is 1.29 bits per heavy atom. The molecule has 0 aromatic heterocycles. The third-order valence-electron chi connectivity index (χ3n) is 4.12. The lowest BCUT2D eigenvalue weighted by Crippen LogP contribution is -2.50. The molecule has 0 spiro atoms. The molecule has 2 rings (SSSR count). The van der Waals surface area contributed by atoms with E-state index in [0.717, 1.165) is 19.3 Å². The van der Waals surface area contributed by atoms with Crippen molar-refractivity contribution in [2.45, 2.75) is 44.8 Å². The van der Waals surface area contributed by atoms with Crippen LogP contribution in [0.3, 0.4) is 0 Å². The molecule has 1 amide bonds. The highest BCUT2D eigenvalue weighted by atomic mass is 16.4. The van der Waals surface area contributed by atoms with Gasteiger partial charge in [-0.2, -0.15) is 0 Å². The summed E-state index contributed by atoms with van der Waals surface area (Å²) in [7, 11) is 0. The summed E-state index contributed by atoms with van der Waals surface area (Å²) in [4.78, 5) is 22.8. The molecule has 5 nitrogen and oxygen atoms in total. The first-order chi connectivity index (χ1) is 7.99. The number of aliphatic hydroxyl groups excluding tert-OH is 1. The van der Waals surface area contributed by atoms with Crippen LogP contribution in [0.15, 0.2) is 0 Å². The number of carbonyl (C=O) groups is 2. The van der Waals surface area contributed by atoms with Crippen LogP contribution in [-0.4, -0.2) is 34.2 Å². The molecule has 2 aliphatic carbocycles.